The first-order valence-electron chi connectivity index (χ1n) is 12.1. The molecule has 0 spiro atoms. The molecule has 33 heavy (non-hydrogen) atoms. The summed E-state index contributed by atoms with van der Waals surface area (Å²) >= 11 is 0. The molecule has 1 saturated heterocycles. The van der Waals surface area contributed by atoms with Gasteiger partial charge in [-0.3, -0.25) is 4.79 Å². The number of nitrogens with zero attached hydrogens (tertiary/aromatic N) is 1. The van der Waals surface area contributed by atoms with Crippen LogP contribution in [0.25, 0.3) is 0 Å². The van der Waals surface area contributed by atoms with Crippen molar-refractivity contribution in [1.82, 2.24) is 10.3 Å². The Morgan fingerprint density at radius 3 is 2.67 bits per heavy atom. The van der Waals surface area contributed by atoms with Crippen molar-refractivity contribution in [2.24, 2.45) is 0 Å². The third-order valence-electron chi connectivity index (χ3n) is 8.54. The number of amides is 1. The standard InChI is InChI=1S/C28H31N3O2/c1-3-31(20-10-5-4-6-11-20)26(32)25-18(2)21-16-28(33)24-15-19-9-7-8-12-22(19)27(28,13-14-29-24)17-23(21)30-25/h4-12,24,29-30,33H,3,13-17H2,1-2H3/t24-,27-,28+/m0/s1. The Bertz CT molecular complexity index is 1230. The van der Waals surface area contributed by atoms with Gasteiger partial charge in [-0.05, 0) is 67.6 Å². The van der Waals surface area contributed by atoms with Crippen molar-refractivity contribution in [2.75, 3.05) is 18.0 Å². The van der Waals surface area contributed by atoms with Gasteiger partial charge in [0.25, 0.3) is 5.91 Å². The lowest BCUT2D eigenvalue weighted by Crippen LogP contribution is -2.73. The predicted octanol–water partition coefficient (Wildman–Crippen LogP) is 3.68. The quantitative estimate of drug-likeness (QED) is 0.581. The lowest BCUT2D eigenvalue weighted by molar-refractivity contribution is -0.106. The first kappa shape index (κ1) is 20.7. The van der Waals surface area contributed by atoms with E-state index in [1.165, 1.54) is 11.1 Å². The number of piperidine rings is 1. The molecule has 6 rings (SSSR count). The van der Waals surface area contributed by atoms with Gasteiger partial charge in [0.2, 0.25) is 0 Å². The summed E-state index contributed by atoms with van der Waals surface area (Å²) in [5, 5.41) is 15.9. The second-order valence-corrected chi connectivity index (χ2v) is 9.94. The highest BCUT2D eigenvalue weighted by Crippen LogP contribution is 2.55. The summed E-state index contributed by atoms with van der Waals surface area (Å²) < 4.78 is 0. The number of rotatable bonds is 3. The molecule has 2 aromatic carbocycles. The van der Waals surface area contributed by atoms with Crippen molar-refractivity contribution in [1.29, 1.82) is 0 Å². The zero-order chi connectivity index (χ0) is 22.8. The first-order chi connectivity index (χ1) is 16.0. The molecule has 2 heterocycles. The Hall–Kier alpha value is -2.89. The Morgan fingerprint density at radius 2 is 1.88 bits per heavy atom. The number of para-hydroxylation sites is 1. The normalized spacial score (nSPS) is 27.3. The number of aromatic amines is 1. The van der Waals surface area contributed by atoms with Crippen LogP contribution in [0.15, 0.2) is 54.6 Å². The molecule has 2 aliphatic carbocycles. The minimum absolute atomic E-state index is 0.00967. The molecular formula is C28H31N3O2. The van der Waals surface area contributed by atoms with Gasteiger partial charge in [0.15, 0.2) is 0 Å². The first-order valence-corrected chi connectivity index (χ1v) is 12.1. The fourth-order valence-electron chi connectivity index (χ4n) is 6.86. The molecule has 5 nitrogen and oxygen atoms in total. The molecule has 1 aliphatic heterocycles. The average molecular weight is 442 g/mol. The van der Waals surface area contributed by atoms with Crippen LogP contribution in [0.1, 0.15) is 51.8 Å². The van der Waals surface area contributed by atoms with E-state index in [1.807, 2.05) is 49.1 Å². The number of H-pyrrole nitrogens is 1. The summed E-state index contributed by atoms with van der Waals surface area (Å²) in [6, 6.07) is 18.5. The van der Waals surface area contributed by atoms with Crippen molar-refractivity contribution in [2.45, 2.75) is 56.6 Å². The third-order valence-corrected chi connectivity index (χ3v) is 8.54. The monoisotopic (exact) mass is 441 g/mol. The van der Waals surface area contributed by atoms with E-state index < -0.39 is 5.60 Å². The molecule has 0 unspecified atom stereocenters. The molecular weight excluding hydrogens is 410 g/mol. The number of fused-ring (bicyclic) bond motifs is 2. The molecule has 170 valence electrons. The highest BCUT2D eigenvalue weighted by atomic mass is 16.3. The zero-order valence-electron chi connectivity index (χ0n) is 19.3. The van der Waals surface area contributed by atoms with Crippen LogP contribution < -0.4 is 10.2 Å². The Kier molecular flexibility index (Phi) is 4.58. The van der Waals surface area contributed by atoms with Crippen LogP contribution >= 0.6 is 0 Å². The van der Waals surface area contributed by atoms with Crippen LogP contribution in [0.3, 0.4) is 0 Å². The smallest absolute Gasteiger partial charge is 0.274 e. The van der Waals surface area contributed by atoms with E-state index in [-0.39, 0.29) is 17.4 Å². The van der Waals surface area contributed by atoms with Gasteiger partial charge in [-0.1, -0.05) is 42.5 Å². The maximum atomic E-state index is 13.7. The molecule has 1 aromatic heterocycles. The van der Waals surface area contributed by atoms with E-state index >= 15 is 0 Å². The third kappa shape index (κ3) is 2.76. The van der Waals surface area contributed by atoms with Gasteiger partial charge in [-0.25, -0.2) is 0 Å². The lowest BCUT2D eigenvalue weighted by atomic mass is 9.50. The van der Waals surface area contributed by atoms with E-state index in [9.17, 15) is 9.90 Å². The summed E-state index contributed by atoms with van der Waals surface area (Å²) in [7, 11) is 0. The number of hydrogen-bond acceptors (Lipinski definition) is 3. The number of carbonyl (C=O) groups is 1. The Morgan fingerprint density at radius 1 is 1.12 bits per heavy atom. The molecule has 3 aliphatic rings. The van der Waals surface area contributed by atoms with Crippen LogP contribution in [0.2, 0.25) is 0 Å². The van der Waals surface area contributed by atoms with E-state index in [0.717, 1.165) is 48.3 Å². The zero-order valence-corrected chi connectivity index (χ0v) is 19.3. The summed E-state index contributed by atoms with van der Waals surface area (Å²) in [6.45, 7) is 5.53. The largest absolute Gasteiger partial charge is 0.387 e. The van der Waals surface area contributed by atoms with Crippen LogP contribution in [-0.2, 0) is 24.7 Å². The summed E-state index contributed by atoms with van der Waals surface area (Å²) in [6.07, 6.45) is 3.04. The van der Waals surface area contributed by atoms with Crippen molar-refractivity contribution in [3.63, 3.8) is 0 Å². The number of nitrogens with one attached hydrogen (secondary N) is 2. The number of hydrogen-bond donors (Lipinski definition) is 3. The summed E-state index contributed by atoms with van der Waals surface area (Å²) in [4.78, 5) is 19.0. The highest BCUT2D eigenvalue weighted by molar-refractivity contribution is 6.06. The average Bonchev–Trinajstić information content (AvgIpc) is 3.13. The van der Waals surface area contributed by atoms with Gasteiger partial charge in [-0.15, -0.1) is 0 Å². The van der Waals surface area contributed by atoms with Gasteiger partial charge in [0.1, 0.15) is 5.69 Å². The molecule has 0 radical (unpaired) electrons. The number of benzene rings is 2. The predicted molar refractivity (Wildman–Crippen MR) is 130 cm³/mol. The van der Waals surface area contributed by atoms with E-state index in [1.54, 1.807) is 0 Å². The number of anilines is 1. The molecule has 3 atom stereocenters. The molecule has 5 heteroatoms. The Labute approximate surface area is 194 Å². The highest BCUT2D eigenvalue weighted by Gasteiger charge is 2.63. The summed E-state index contributed by atoms with van der Waals surface area (Å²) in [5.41, 5.74) is 6.20. The topological polar surface area (TPSA) is 68.4 Å². The number of aromatic nitrogens is 1. The van der Waals surface area contributed by atoms with Gasteiger partial charge in [0.05, 0.1) is 5.60 Å². The molecule has 0 saturated carbocycles. The number of aliphatic hydroxyl groups is 1. The van der Waals surface area contributed by atoms with Crippen LogP contribution in [0.4, 0.5) is 5.69 Å². The maximum Gasteiger partial charge on any atom is 0.274 e. The van der Waals surface area contributed by atoms with E-state index in [4.69, 9.17) is 0 Å². The van der Waals surface area contributed by atoms with Crippen LogP contribution in [0, 0.1) is 6.92 Å². The van der Waals surface area contributed by atoms with Gasteiger partial charge in [-0.2, -0.15) is 0 Å². The lowest BCUT2D eigenvalue weighted by Gasteiger charge is -2.60. The van der Waals surface area contributed by atoms with Gasteiger partial charge in [0, 0.05) is 42.2 Å². The van der Waals surface area contributed by atoms with Crippen molar-refractivity contribution in [3.05, 3.63) is 88.2 Å². The van der Waals surface area contributed by atoms with Crippen molar-refractivity contribution in [3.8, 4) is 0 Å². The maximum absolute atomic E-state index is 13.7. The minimum atomic E-state index is -0.857. The van der Waals surface area contributed by atoms with Crippen molar-refractivity contribution < 1.29 is 9.90 Å². The molecule has 3 N–H and O–H groups in total. The number of carbonyl (C=O) groups excluding carboxylic acids is 1. The molecule has 3 aromatic rings. The second kappa shape index (κ2) is 7.31. The second-order valence-electron chi connectivity index (χ2n) is 9.94. The fourth-order valence-corrected chi connectivity index (χ4v) is 6.86. The van der Waals surface area contributed by atoms with Gasteiger partial charge >= 0.3 is 0 Å². The van der Waals surface area contributed by atoms with Gasteiger partial charge < -0.3 is 20.3 Å². The van der Waals surface area contributed by atoms with Crippen LogP contribution in [-0.4, -0.2) is 40.7 Å². The fraction of sp³-hybridized carbons (Fsp3) is 0.393. The SMILES string of the molecule is CCN(C(=O)c1[nH]c2c(c1C)C[C@@]1(O)[C@@H]3Cc4ccccc4[C@]1(CCN3)C2)c1ccccc1. The van der Waals surface area contributed by atoms with Crippen LogP contribution in [0.5, 0.6) is 0 Å². The molecule has 1 amide bonds. The summed E-state index contributed by atoms with van der Waals surface area (Å²) in [5.74, 6) is -0.00967. The van der Waals surface area contributed by atoms with E-state index in [0.29, 0.717) is 18.7 Å². The Balaban J connectivity index is 1.45. The molecule has 2 bridgehead atoms. The van der Waals surface area contributed by atoms with Crippen molar-refractivity contribution >= 4 is 11.6 Å². The molecule has 1 fully saturated rings. The van der Waals surface area contributed by atoms with E-state index in [2.05, 4.69) is 34.6 Å². The minimum Gasteiger partial charge on any atom is -0.387 e.